The minimum Gasteiger partial charge on any atom is -0.489 e. The molecule has 1 saturated heterocycles. The quantitative estimate of drug-likeness (QED) is 0.699. The van der Waals surface area contributed by atoms with Crippen LogP contribution < -0.4 is 25.2 Å². The van der Waals surface area contributed by atoms with Gasteiger partial charge in [-0.3, -0.25) is 4.79 Å². The Labute approximate surface area is 199 Å². The summed E-state index contributed by atoms with van der Waals surface area (Å²) in [6.45, 7) is 8.80. The van der Waals surface area contributed by atoms with Crippen molar-refractivity contribution in [2.45, 2.75) is 57.5 Å². The molecule has 0 atom stereocenters. The summed E-state index contributed by atoms with van der Waals surface area (Å²) in [6.07, 6.45) is 5.86. The molecule has 2 N–H and O–H groups in total. The highest BCUT2D eigenvalue weighted by atomic mass is 32.1. The van der Waals surface area contributed by atoms with E-state index in [0.29, 0.717) is 12.6 Å². The van der Waals surface area contributed by atoms with Crippen molar-refractivity contribution >= 4 is 33.8 Å². The normalized spacial score (nSPS) is 22.2. The second-order valence-corrected chi connectivity index (χ2v) is 11.5. The van der Waals surface area contributed by atoms with E-state index in [-0.39, 0.29) is 11.4 Å². The molecule has 1 aromatic heterocycles. The van der Waals surface area contributed by atoms with Crippen LogP contribution in [-0.4, -0.2) is 55.3 Å². The van der Waals surface area contributed by atoms with Gasteiger partial charge in [0.15, 0.2) is 5.13 Å². The molecular weight excluding hydrogens is 434 g/mol. The van der Waals surface area contributed by atoms with E-state index in [4.69, 9.17) is 9.72 Å². The Bertz CT molecular complexity index is 1060. The van der Waals surface area contributed by atoms with Crippen molar-refractivity contribution in [3.8, 4) is 5.75 Å². The average Bonchev–Trinajstić information content (AvgIpc) is 3.53. The zero-order valence-corrected chi connectivity index (χ0v) is 20.3. The molecule has 0 bridgehead atoms. The Morgan fingerprint density at radius 1 is 1.24 bits per heavy atom. The summed E-state index contributed by atoms with van der Waals surface area (Å²) in [5.41, 5.74) is 2.98. The number of fused-ring (bicyclic) bond motifs is 2. The number of anilines is 3. The van der Waals surface area contributed by atoms with Crippen molar-refractivity contribution in [3.05, 3.63) is 28.8 Å². The van der Waals surface area contributed by atoms with Crippen molar-refractivity contribution in [2.75, 3.05) is 42.6 Å². The van der Waals surface area contributed by atoms with Gasteiger partial charge in [0.05, 0.1) is 17.9 Å². The number of thiazole rings is 1. The first-order valence-corrected chi connectivity index (χ1v) is 13.1. The van der Waals surface area contributed by atoms with Gasteiger partial charge in [0.25, 0.3) is 5.91 Å². The molecule has 1 aliphatic carbocycles. The summed E-state index contributed by atoms with van der Waals surface area (Å²) in [5.74, 6) is 1.75. The van der Waals surface area contributed by atoms with Crippen LogP contribution in [0, 0.1) is 5.92 Å². The third kappa shape index (κ3) is 4.19. The second kappa shape index (κ2) is 8.17. The monoisotopic (exact) mass is 467 g/mol. The van der Waals surface area contributed by atoms with E-state index in [1.807, 2.05) is 13.8 Å². The average molecular weight is 468 g/mol. The Morgan fingerprint density at radius 3 is 2.85 bits per heavy atom. The Balaban J connectivity index is 1.30. The van der Waals surface area contributed by atoms with E-state index < -0.39 is 0 Å². The maximum absolute atomic E-state index is 12.6. The molecule has 1 saturated carbocycles. The highest BCUT2D eigenvalue weighted by molar-refractivity contribution is 7.17. The van der Waals surface area contributed by atoms with Crippen LogP contribution in [0.1, 0.15) is 54.9 Å². The predicted octanol–water partition coefficient (Wildman–Crippen LogP) is 3.71. The van der Waals surface area contributed by atoms with Gasteiger partial charge in [-0.05, 0) is 70.7 Å². The number of carbonyl (C=O) groups is 1. The van der Waals surface area contributed by atoms with Gasteiger partial charge in [-0.1, -0.05) is 11.3 Å². The van der Waals surface area contributed by atoms with Gasteiger partial charge < -0.3 is 25.2 Å². The van der Waals surface area contributed by atoms with Crippen LogP contribution in [0.3, 0.4) is 0 Å². The highest BCUT2D eigenvalue weighted by Crippen LogP contribution is 2.43. The number of nitrogens with one attached hydrogen (secondary N) is 2. The van der Waals surface area contributed by atoms with Crippen molar-refractivity contribution in [1.82, 2.24) is 15.6 Å². The molecule has 0 radical (unpaired) electrons. The lowest BCUT2D eigenvalue weighted by Crippen LogP contribution is -2.48. The molecule has 2 aromatic rings. The first kappa shape index (κ1) is 21.2. The minimum atomic E-state index is -0.257. The molecule has 4 aliphatic rings. The van der Waals surface area contributed by atoms with E-state index >= 15 is 0 Å². The molecule has 0 unspecified atom stereocenters. The van der Waals surface area contributed by atoms with E-state index in [0.717, 1.165) is 65.7 Å². The molecule has 1 aromatic carbocycles. The fourth-order valence-electron chi connectivity index (χ4n) is 5.33. The number of hydrogen-bond donors (Lipinski definition) is 2. The summed E-state index contributed by atoms with van der Waals surface area (Å²) in [5, 5.41) is 7.48. The molecular formula is C25H33N5O2S. The van der Waals surface area contributed by atoms with E-state index in [2.05, 4.69) is 38.6 Å². The fourth-order valence-corrected chi connectivity index (χ4v) is 6.34. The molecule has 7 nitrogen and oxygen atoms in total. The summed E-state index contributed by atoms with van der Waals surface area (Å²) >= 11 is 1.49. The Hall–Kier alpha value is -2.32. The second-order valence-electron chi connectivity index (χ2n) is 10.5. The van der Waals surface area contributed by atoms with Crippen molar-refractivity contribution in [1.29, 1.82) is 0 Å². The van der Waals surface area contributed by atoms with Gasteiger partial charge in [-0.25, -0.2) is 4.98 Å². The number of aromatic nitrogens is 1. The summed E-state index contributed by atoms with van der Waals surface area (Å²) in [4.78, 5) is 23.1. The van der Waals surface area contributed by atoms with Gasteiger partial charge in [-0.15, -0.1) is 0 Å². The number of nitrogens with zero attached hydrogens (tertiary/aromatic N) is 3. The molecule has 3 aliphatic heterocycles. The lowest BCUT2D eigenvalue weighted by molar-refractivity contribution is 0.0901. The lowest BCUT2D eigenvalue weighted by Gasteiger charge is -2.38. The van der Waals surface area contributed by atoms with E-state index in [9.17, 15) is 4.79 Å². The van der Waals surface area contributed by atoms with E-state index in [1.165, 1.54) is 42.7 Å². The number of piperidine rings is 1. The smallest absolute Gasteiger partial charge is 0.263 e. The molecule has 2 fully saturated rings. The van der Waals surface area contributed by atoms with Gasteiger partial charge in [0.1, 0.15) is 17.2 Å². The first-order valence-electron chi connectivity index (χ1n) is 12.3. The molecule has 4 heterocycles. The zero-order chi connectivity index (χ0) is 22.6. The third-order valence-corrected chi connectivity index (χ3v) is 8.34. The Kier molecular flexibility index (Phi) is 5.25. The molecule has 33 heavy (non-hydrogen) atoms. The number of hydrogen-bond acceptors (Lipinski definition) is 7. The molecule has 0 spiro atoms. The summed E-state index contributed by atoms with van der Waals surface area (Å²) in [7, 11) is 0. The fraction of sp³-hybridized carbons (Fsp3) is 0.600. The van der Waals surface area contributed by atoms with Crippen LogP contribution in [0.4, 0.5) is 16.5 Å². The molecule has 1 amide bonds. The zero-order valence-electron chi connectivity index (χ0n) is 19.5. The number of ether oxygens (including phenoxy) is 1. The van der Waals surface area contributed by atoms with Gasteiger partial charge in [-0.2, -0.15) is 0 Å². The van der Waals surface area contributed by atoms with Gasteiger partial charge in [0, 0.05) is 36.3 Å². The van der Waals surface area contributed by atoms with Crippen LogP contribution in [0.15, 0.2) is 18.2 Å². The number of benzene rings is 1. The topological polar surface area (TPSA) is 69.7 Å². The molecule has 6 rings (SSSR count). The molecule has 176 valence electrons. The SMILES string of the molecule is CC1(C)Cc2nc(N3CCOc4cc(N(CC5CC5)C5CCNCC5)ccc43)sc2C(=O)N1. The van der Waals surface area contributed by atoms with Crippen LogP contribution in [-0.2, 0) is 6.42 Å². The maximum atomic E-state index is 12.6. The number of rotatable bonds is 5. The lowest BCUT2D eigenvalue weighted by atomic mass is 9.94. The standard InChI is InChI=1S/C25H33N5O2S/c1-25(2)14-19-22(23(31)28-25)33-24(27-19)29-11-12-32-21-13-18(5-6-20(21)29)30(15-16-3-4-16)17-7-9-26-10-8-17/h5-6,13,16-17,26H,3-4,7-12,14-15H2,1-2H3,(H,28,31). The van der Waals surface area contributed by atoms with Crippen LogP contribution in [0.2, 0.25) is 0 Å². The summed E-state index contributed by atoms with van der Waals surface area (Å²) < 4.78 is 6.15. The Morgan fingerprint density at radius 2 is 2.06 bits per heavy atom. The highest BCUT2D eigenvalue weighted by Gasteiger charge is 2.35. The largest absolute Gasteiger partial charge is 0.489 e. The van der Waals surface area contributed by atoms with Crippen molar-refractivity contribution < 1.29 is 9.53 Å². The van der Waals surface area contributed by atoms with Crippen molar-refractivity contribution in [2.24, 2.45) is 5.92 Å². The number of amides is 1. The van der Waals surface area contributed by atoms with Crippen LogP contribution >= 0.6 is 11.3 Å². The van der Waals surface area contributed by atoms with Crippen LogP contribution in [0.25, 0.3) is 0 Å². The number of carbonyl (C=O) groups excluding carboxylic acids is 1. The third-order valence-electron chi connectivity index (χ3n) is 7.22. The van der Waals surface area contributed by atoms with Gasteiger partial charge in [0.2, 0.25) is 0 Å². The maximum Gasteiger partial charge on any atom is 0.263 e. The molecule has 8 heteroatoms. The first-order chi connectivity index (χ1) is 16.0. The van der Waals surface area contributed by atoms with Crippen molar-refractivity contribution in [3.63, 3.8) is 0 Å². The van der Waals surface area contributed by atoms with Crippen LogP contribution in [0.5, 0.6) is 5.75 Å². The van der Waals surface area contributed by atoms with E-state index in [1.54, 1.807) is 0 Å². The minimum absolute atomic E-state index is 0.00785. The van der Waals surface area contributed by atoms with Gasteiger partial charge >= 0.3 is 0 Å². The predicted molar refractivity (Wildman–Crippen MR) is 132 cm³/mol. The summed E-state index contributed by atoms with van der Waals surface area (Å²) in [6, 6.07) is 7.27.